The van der Waals surface area contributed by atoms with Crippen molar-refractivity contribution in [2.24, 2.45) is 0 Å². The molecule has 8 heteroatoms. The first-order valence-corrected chi connectivity index (χ1v) is 9.14. The van der Waals surface area contributed by atoms with Crippen molar-refractivity contribution >= 4 is 21.6 Å². The minimum Gasteiger partial charge on any atom is -0.376 e. The maximum Gasteiger partial charge on any atom is 0.258 e. The first-order chi connectivity index (χ1) is 11.0. The molecule has 1 amide bonds. The summed E-state index contributed by atoms with van der Waals surface area (Å²) < 4.78 is 37.5. The number of nitrogens with zero attached hydrogens (tertiary/aromatic N) is 1. The van der Waals surface area contributed by atoms with Crippen LogP contribution in [0.25, 0.3) is 0 Å². The van der Waals surface area contributed by atoms with Crippen LogP contribution in [0.2, 0.25) is 0 Å². The first kappa shape index (κ1) is 16.4. The molecule has 0 unspecified atom stereocenters. The molecule has 0 saturated carbocycles. The van der Waals surface area contributed by atoms with Gasteiger partial charge < -0.3 is 14.4 Å². The van der Waals surface area contributed by atoms with Crippen LogP contribution in [0.3, 0.4) is 0 Å². The molecule has 2 aliphatic heterocycles. The van der Waals surface area contributed by atoms with E-state index in [0.717, 1.165) is 5.56 Å². The average Bonchev–Trinajstić information content (AvgIpc) is 2.98. The van der Waals surface area contributed by atoms with E-state index in [0.29, 0.717) is 38.4 Å². The van der Waals surface area contributed by atoms with Gasteiger partial charge in [0.15, 0.2) is 6.10 Å². The van der Waals surface area contributed by atoms with Gasteiger partial charge in [0, 0.05) is 18.8 Å². The van der Waals surface area contributed by atoms with Crippen molar-refractivity contribution in [1.82, 2.24) is 4.72 Å². The zero-order valence-corrected chi connectivity index (χ0v) is 13.8. The van der Waals surface area contributed by atoms with Crippen LogP contribution >= 0.6 is 0 Å². The lowest BCUT2D eigenvalue weighted by Crippen LogP contribution is -2.44. The van der Waals surface area contributed by atoms with Crippen LogP contribution in [0.1, 0.15) is 12.5 Å². The summed E-state index contributed by atoms with van der Waals surface area (Å²) in [7, 11) is -3.55. The Morgan fingerprint density at radius 2 is 2.22 bits per heavy atom. The van der Waals surface area contributed by atoms with E-state index in [9.17, 15) is 13.2 Å². The third-order valence-electron chi connectivity index (χ3n) is 3.95. The molecule has 1 aromatic rings. The Bertz CT molecular complexity index is 698. The number of fused-ring (bicyclic) bond motifs is 1. The highest BCUT2D eigenvalue weighted by Gasteiger charge is 2.33. The molecule has 2 aliphatic rings. The molecule has 1 fully saturated rings. The van der Waals surface area contributed by atoms with Crippen molar-refractivity contribution in [2.45, 2.75) is 24.3 Å². The number of ether oxygens (including phenoxy) is 2. The highest BCUT2D eigenvalue weighted by Crippen LogP contribution is 2.31. The zero-order valence-electron chi connectivity index (χ0n) is 12.9. The van der Waals surface area contributed by atoms with Gasteiger partial charge in [-0.3, -0.25) is 4.79 Å². The molecular weight excluding hydrogens is 320 g/mol. The number of nitrogens with one attached hydrogen (secondary N) is 1. The Morgan fingerprint density at radius 3 is 2.91 bits per heavy atom. The van der Waals surface area contributed by atoms with Gasteiger partial charge in [0.1, 0.15) is 0 Å². The molecule has 1 atom stereocenters. The Labute approximate surface area is 135 Å². The van der Waals surface area contributed by atoms with Crippen molar-refractivity contribution in [1.29, 1.82) is 0 Å². The highest BCUT2D eigenvalue weighted by atomic mass is 32.2. The summed E-state index contributed by atoms with van der Waals surface area (Å²) in [4.78, 5) is 14.4. The van der Waals surface area contributed by atoms with Crippen molar-refractivity contribution in [2.75, 3.05) is 37.8 Å². The van der Waals surface area contributed by atoms with Crippen LogP contribution in [0, 0.1) is 0 Å². The largest absolute Gasteiger partial charge is 0.376 e. The van der Waals surface area contributed by atoms with Crippen molar-refractivity contribution in [3.63, 3.8) is 0 Å². The number of anilines is 1. The predicted molar refractivity (Wildman–Crippen MR) is 83.9 cm³/mol. The van der Waals surface area contributed by atoms with Gasteiger partial charge in [-0.05, 0) is 24.1 Å². The van der Waals surface area contributed by atoms with Crippen LogP contribution in [-0.2, 0) is 30.7 Å². The SMILES string of the molecule is CCNS(=O)(=O)c1ccc2c(c1)N(C(=O)[C@@H]1COCCO1)CC2. The van der Waals surface area contributed by atoms with E-state index in [1.165, 1.54) is 0 Å². The Balaban J connectivity index is 1.87. The van der Waals surface area contributed by atoms with Crippen molar-refractivity contribution < 1.29 is 22.7 Å². The Hall–Kier alpha value is -1.48. The standard InChI is InChI=1S/C15H20N2O5S/c1-2-16-23(19,20)12-4-3-11-5-6-17(13(11)9-12)15(18)14-10-21-7-8-22-14/h3-4,9,14,16H,2,5-8,10H2,1H3/t14-/m0/s1. The topological polar surface area (TPSA) is 84.9 Å². The number of amides is 1. The van der Waals surface area contributed by atoms with E-state index in [1.807, 2.05) is 0 Å². The molecule has 23 heavy (non-hydrogen) atoms. The fourth-order valence-corrected chi connectivity index (χ4v) is 3.89. The fourth-order valence-electron chi connectivity index (χ4n) is 2.83. The zero-order chi connectivity index (χ0) is 16.4. The summed E-state index contributed by atoms with van der Waals surface area (Å²) in [6, 6.07) is 4.90. The number of hydrogen-bond acceptors (Lipinski definition) is 5. The van der Waals surface area contributed by atoms with Gasteiger partial charge in [-0.2, -0.15) is 0 Å². The third-order valence-corrected chi connectivity index (χ3v) is 5.50. The molecule has 126 valence electrons. The number of rotatable bonds is 4. The Morgan fingerprint density at radius 1 is 1.39 bits per heavy atom. The predicted octanol–water partition coefficient (Wildman–Crippen LogP) is 0.289. The smallest absolute Gasteiger partial charge is 0.258 e. The normalized spacial score (nSPS) is 21.3. The van der Waals surface area contributed by atoms with E-state index < -0.39 is 16.1 Å². The second kappa shape index (κ2) is 6.56. The monoisotopic (exact) mass is 340 g/mol. The maximum absolute atomic E-state index is 12.6. The minimum absolute atomic E-state index is 0.165. The van der Waals surface area contributed by atoms with Crippen LogP contribution in [0.5, 0.6) is 0 Å². The van der Waals surface area contributed by atoms with E-state index in [-0.39, 0.29) is 17.4 Å². The number of sulfonamides is 1. The number of hydrogen-bond donors (Lipinski definition) is 1. The van der Waals surface area contributed by atoms with Gasteiger partial charge >= 0.3 is 0 Å². The van der Waals surface area contributed by atoms with Crippen LogP contribution in [-0.4, -0.2) is 53.3 Å². The minimum atomic E-state index is -3.55. The molecule has 0 bridgehead atoms. The molecule has 1 N–H and O–H groups in total. The van der Waals surface area contributed by atoms with Gasteiger partial charge in [0.05, 0.1) is 24.7 Å². The lowest BCUT2D eigenvalue weighted by atomic mass is 10.2. The lowest BCUT2D eigenvalue weighted by Gasteiger charge is -2.27. The second-order valence-corrected chi connectivity index (χ2v) is 7.23. The molecule has 1 aromatic carbocycles. The molecule has 0 radical (unpaired) electrons. The van der Waals surface area contributed by atoms with Gasteiger partial charge in [-0.15, -0.1) is 0 Å². The van der Waals surface area contributed by atoms with Crippen molar-refractivity contribution in [3.8, 4) is 0 Å². The van der Waals surface area contributed by atoms with E-state index in [1.54, 1.807) is 30.0 Å². The van der Waals surface area contributed by atoms with Crippen LogP contribution < -0.4 is 9.62 Å². The quantitative estimate of drug-likeness (QED) is 0.851. The summed E-state index contributed by atoms with van der Waals surface area (Å²) >= 11 is 0. The molecule has 0 aromatic heterocycles. The summed E-state index contributed by atoms with van der Waals surface area (Å²) in [5.41, 5.74) is 1.61. The average molecular weight is 340 g/mol. The first-order valence-electron chi connectivity index (χ1n) is 7.66. The van der Waals surface area contributed by atoms with E-state index in [2.05, 4.69) is 4.72 Å². The fraction of sp³-hybridized carbons (Fsp3) is 0.533. The number of carbonyl (C=O) groups is 1. The summed E-state index contributed by atoms with van der Waals surface area (Å²) in [6.45, 7) is 3.69. The highest BCUT2D eigenvalue weighted by molar-refractivity contribution is 7.89. The number of carbonyl (C=O) groups excluding carboxylic acids is 1. The van der Waals surface area contributed by atoms with Crippen LogP contribution in [0.15, 0.2) is 23.1 Å². The molecule has 1 saturated heterocycles. The summed E-state index contributed by atoms with van der Waals surface area (Å²) in [6.07, 6.45) is 0.0830. The van der Waals surface area contributed by atoms with Crippen molar-refractivity contribution in [3.05, 3.63) is 23.8 Å². The summed E-state index contributed by atoms with van der Waals surface area (Å²) in [5, 5.41) is 0. The lowest BCUT2D eigenvalue weighted by molar-refractivity contribution is -0.144. The van der Waals surface area contributed by atoms with Gasteiger partial charge in [0.2, 0.25) is 10.0 Å². The maximum atomic E-state index is 12.6. The summed E-state index contributed by atoms with van der Waals surface area (Å²) in [5.74, 6) is -0.179. The molecule has 2 heterocycles. The number of benzene rings is 1. The molecule has 7 nitrogen and oxygen atoms in total. The van der Waals surface area contributed by atoms with Gasteiger partial charge in [-0.25, -0.2) is 13.1 Å². The van der Waals surface area contributed by atoms with Gasteiger partial charge in [0.25, 0.3) is 5.91 Å². The van der Waals surface area contributed by atoms with Crippen LogP contribution in [0.4, 0.5) is 5.69 Å². The molecule has 0 aliphatic carbocycles. The molecule has 0 spiro atoms. The molecule has 3 rings (SSSR count). The second-order valence-electron chi connectivity index (χ2n) is 5.47. The Kier molecular flexibility index (Phi) is 4.67. The van der Waals surface area contributed by atoms with E-state index in [4.69, 9.17) is 9.47 Å². The van der Waals surface area contributed by atoms with Gasteiger partial charge in [-0.1, -0.05) is 13.0 Å². The van der Waals surface area contributed by atoms with E-state index >= 15 is 0 Å². The third kappa shape index (κ3) is 3.25. The molecular formula is C15H20N2O5S.